The highest BCUT2D eigenvalue weighted by atomic mass is 19.1. The lowest BCUT2D eigenvalue weighted by Gasteiger charge is -2.40. The van der Waals surface area contributed by atoms with Crippen molar-refractivity contribution in [1.29, 1.82) is 0 Å². The van der Waals surface area contributed by atoms with Crippen LogP contribution in [0.5, 0.6) is 17.6 Å². The van der Waals surface area contributed by atoms with Gasteiger partial charge >= 0.3 is 6.01 Å². The molecule has 9 rings (SSSR count). The van der Waals surface area contributed by atoms with E-state index in [1.165, 1.54) is 18.2 Å². The fraction of sp³-hybridized carbons (Fsp3) is 0.500. The molecule has 240 valence electrons. The number of benzene rings is 2. The van der Waals surface area contributed by atoms with E-state index in [2.05, 4.69) is 20.1 Å². The van der Waals surface area contributed by atoms with E-state index < -0.39 is 23.3 Å². The summed E-state index contributed by atoms with van der Waals surface area (Å²) < 4.78 is 59.3. The van der Waals surface area contributed by atoms with Crippen LogP contribution < -0.4 is 19.7 Å². The summed E-state index contributed by atoms with van der Waals surface area (Å²) in [6.45, 7) is 4.21. The third-order valence-corrected chi connectivity index (χ3v) is 10.9. The van der Waals surface area contributed by atoms with Crippen LogP contribution in [0.25, 0.3) is 32.9 Å². The first-order valence-electron chi connectivity index (χ1n) is 16.3. The van der Waals surface area contributed by atoms with E-state index in [1.54, 1.807) is 6.07 Å². The van der Waals surface area contributed by atoms with Gasteiger partial charge in [0.25, 0.3) is 0 Å². The normalized spacial score (nSPS) is 28.4. The second-order valence-electron chi connectivity index (χ2n) is 13.5. The van der Waals surface area contributed by atoms with E-state index in [-0.39, 0.29) is 59.1 Å². The molecule has 1 unspecified atom stereocenters. The number of rotatable bonds is 5. The molecule has 12 heteroatoms. The van der Waals surface area contributed by atoms with Gasteiger partial charge in [0.1, 0.15) is 53.4 Å². The summed E-state index contributed by atoms with van der Waals surface area (Å²) in [7, 11) is 0. The molecule has 0 saturated carbocycles. The first kappa shape index (κ1) is 28.3. The lowest BCUT2D eigenvalue weighted by Crippen LogP contribution is -2.60. The molecule has 5 aliphatic rings. The number of phenolic OH excluding ortho intramolecular Hbond substituents is 1. The second kappa shape index (κ2) is 10.3. The Hall–Kier alpha value is -3.90. The van der Waals surface area contributed by atoms with E-state index in [0.717, 1.165) is 32.2 Å². The molecule has 2 N–H and O–H groups in total. The van der Waals surface area contributed by atoms with Gasteiger partial charge in [-0.15, -0.1) is 0 Å². The number of alkyl halides is 1. The van der Waals surface area contributed by atoms with Crippen molar-refractivity contribution in [1.82, 2.24) is 25.2 Å². The number of phenols is 1. The number of nitrogens with one attached hydrogen (secondary N) is 1. The van der Waals surface area contributed by atoms with Crippen LogP contribution in [0.1, 0.15) is 44.6 Å². The summed E-state index contributed by atoms with van der Waals surface area (Å²) in [5.74, 6) is -0.568. The average Bonchev–Trinajstić information content (AvgIpc) is 3.68. The molecule has 0 aliphatic carbocycles. The van der Waals surface area contributed by atoms with Gasteiger partial charge < -0.3 is 24.8 Å². The van der Waals surface area contributed by atoms with Crippen LogP contribution in [0.4, 0.5) is 19.0 Å². The molecule has 0 amide bonds. The Bertz CT molecular complexity index is 1910. The van der Waals surface area contributed by atoms with Crippen LogP contribution in [0, 0.1) is 11.6 Å². The lowest BCUT2D eigenvalue weighted by atomic mass is 9.94. The highest BCUT2D eigenvalue weighted by molar-refractivity contribution is 6.03. The van der Waals surface area contributed by atoms with Crippen LogP contribution in [0.3, 0.4) is 0 Å². The predicted octanol–water partition coefficient (Wildman–Crippen LogP) is 5.05. The lowest BCUT2D eigenvalue weighted by molar-refractivity contribution is 0.107. The fourth-order valence-electron chi connectivity index (χ4n) is 8.84. The van der Waals surface area contributed by atoms with Gasteiger partial charge in [-0.05, 0) is 73.2 Å². The smallest absolute Gasteiger partial charge is 0.319 e. The Kier molecular flexibility index (Phi) is 6.34. The highest BCUT2D eigenvalue weighted by Gasteiger charge is 2.50. The summed E-state index contributed by atoms with van der Waals surface area (Å²) in [6.07, 6.45) is 3.62. The average molecular weight is 633 g/mol. The Balaban J connectivity index is 1.24. The number of fused-ring (bicyclic) bond motifs is 7. The molecule has 4 fully saturated rings. The van der Waals surface area contributed by atoms with Gasteiger partial charge in [0, 0.05) is 37.2 Å². The number of anilines is 1. The fourth-order valence-corrected chi connectivity index (χ4v) is 8.84. The van der Waals surface area contributed by atoms with Gasteiger partial charge in [-0.1, -0.05) is 13.0 Å². The number of aromatic hydroxyl groups is 1. The zero-order valence-electron chi connectivity index (χ0n) is 25.5. The number of aryl methyl sites for hydroxylation is 1. The van der Waals surface area contributed by atoms with Crippen molar-refractivity contribution in [3.8, 4) is 28.9 Å². The van der Waals surface area contributed by atoms with E-state index in [0.29, 0.717) is 60.1 Å². The van der Waals surface area contributed by atoms with Crippen LogP contribution in [-0.4, -0.2) is 87.6 Å². The number of hydrogen-bond donors (Lipinski definition) is 2. The quantitative estimate of drug-likeness (QED) is 0.314. The van der Waals surface area contributed by atoms with Gasteiger partial charge in [-0.2, -0.15) is 9.97 Å². The summed E-state index contributed by atoms with van der Waals surface area (Å²) in [5.41, 5.74) is 0.0926. The van der Waals surface area contributed by atoms with Gasteiger partial charge in [0.05, 0.1) is 11.6 Å². The summed E-state index contributed by atoms with van der Waals surface area (Å²) in [4.78, 5) is 18.6. The summed E-state index contributed by atoms with van der Waals surface area (Å²) in [5, 5.41) is 15.8. The third kappa shape index (κ3) is 4.18. The van der Waals surface area contributed by atoms with E-state index >= 15 is 8.78 Å². The van der Waals surface area contributed by atoms with Crippen LogP contribution in [0.2, 0.25) is 0 Å². The van der Waals surface area contributed by atoms with E-state index in [4.69, 9.17) is 19.4 Å². The van der Waals surface area contributed by atoms with Crippen molar-refractivity contribution in [3.05, 3.63) is 41.5 Å². The van der Waals surface area contributed by atoms with Crippen LogP contribution in [-0.2, 0) is 6.42 Å². The monoisotopic (exact) mass is 632 g/mol. The minimum Gasteiger partial charge on any atom is -0.508 e. The Labute approximate surface area is 263 Å². The van der Waals surface area contributed by atoms with Crippen molar-refractivity contribution < 1.29 is 27.8 Å². The Morgan fingerprint density at radius 3 is 2.89 bits per heavy atom. The molecule has 0 spiro atoms. The Morgan fingerprint density at radius 2 is 2.02 bits per heavy atom. The summed E-state index contributed by atoms with van der Waals surface area (Å²) in [6, 6.07) is 6.25. The maximum Gasteiger partial charge on any atom is 0.319 e. The second-order valence-corrected chi connectivity index (χ2v) is 13.5. The number of nitrogens with zero attached hydrogens (tertiary/aromatic N) is 5. The standard InChI is InChI=1S/C34H35F3N6O3/c1-2-21-23(36)6-4-17-10-20(44)11-22(26(17)21)29-28(37)30-27-31(43-14-19-5-7-24(38-19)25(43)15-45-32(27)39-29)41-33(40-30)46-16-34-8-3-9-42(34)13-18(35)12-34/h4,6,10-11,18-19,24-25,38,44H,2-3,5,7-9,12-16H2,1H3/t18-,19-,24+,25+,34?/m0/s1. The molecular formula is C34H35F3N6O3. The Morgan fingerprint density at radius 1 is 1.13 bits per heavy atom. The summed E-state index contributed by atoms with van der Waals surface area (Å²) >= 11 is 0. The molecule has 46 heavy (non-hydrogen) atoms. The van der Waals surface area contributed by atoms with Crippen molar-refractivity contribution in [3.63, 3.8) is 0 Å². The number of hydrogen-bond acceptors (Lipinski definition) is 9. The molecule has 5 aliphatic heterocycles. The van der Waals surface area contributed by atoms with Crippen molar-refractivity contribution in [2.45, 2.75) is 75.3 Å². The first-order chi connectivity index (χ1) is 22.3. The predicted molar refractivity (Wildman–Crippen MR) is 166 cm³/mol. The largest absolute Gasteiger partial charge is 0.508 e. The van der Waals surface area contributed by atoms with Crippen LogP contribution >= 0.6 is 0 Å². The van der Waals surface area contributed by atoms with Crippen molar-refractivity contribution in [2.24, 2.45) is 0 Å². The number of ether oxygens (including phenoxy) is 2. The minimum absolute atomic E-state index is 0.0145. The van der Waals surface area contributed by atoms with E-state index in [1.807, 2.05) is 6.92 Å². The maximum atomic E-state index is 17.1. The van der Waals surface area contributed by atoms with Gasteiger partial charge in [-0.3, -0.25) is 4.90 Å². The highest BCUT2D eigenvalue weighted by Crippen LogP contribution is 2.45. The number of pyridine rings is 1. The molecule has 2 bridgehead atoms. The molecule has 9 nitrogen and oxygen atoms in total. The molecular weight excluding hydrogens is 597 g/mol. The first-order valence-corrected chi connectivity index (χ1v) is 16.3. The molecule has 7 heterocycles. The van der Waals surface area contributed by atoms with Gasteiger partial charge in [-0.25, -0.2) is 18.2 Å². The molecule has 0 radical (unpaired) electrons. The van der Waals surface area contributed by atoms with Crippen LogP contribution in [0.15, 0.2) is 24.3 Å². The SMILES string of the molecule is CCc1c(F)ccc2cc(O)cc(-c3nc4c5c(nc(OCC67CCCN6C[C@@H](F)C7)nc5c3F)N3C[C@@H]5CC[C@@H](N5)[C@H]3CO4)c12. The molecule has 4 saturated heterocycles. The molecule has 2 aromatic carbocycles. The number of halogens is 3. The molecule has 2 aromatic heterocycles. The van der Waals surface area contributed by atoms with Gasteiger partial charge in [0.15, 0.2) is 5.82 Å². The molecule has 5 atom stereocenters. The van der Waals surface area contributed by atoms with Crippen molar-refractivity contribution >= 4 is 27.5 Å². The van der Waals surface area contributed by atoms with Crippen molar-refractivity contribution in [2.75, 3.05) is 37.7 Å². The number of piperazine rings is 1. The zero-order chi connectivity index (χ0) is 31.3. The van der Waals surface area contributed by atoms with Gasteiger partial charge in [0.2, 0.25) is 5.88 Å². The molecule has 4 aromatic rings. The number of aromatic nitrogens is 3. The third-order valence-electron chi connectivity index (χ3n) is 10.9. The maximum absolute atomic E-state index is 17.1. The minimum atomic E-state index is -0.913. The zero-order valence-corrected chi connectivity index (χ0v) is 25.5. The van der Waals surface area contributed by atoms with E-state index in [9.17, 15) is 9.50 Å². The topological polar surface area (TPSA) is 95.9 Å².